The Balaban J connectivity index is 2.96. The molecule has 1 heterocycles. The summed E-state index contributed by atoms with van der Waals surface area (Å²) in [6.07, 6.45) is 2.47. The summed E-state index contributed by atoms with van der Waals surface area (Å²) in [6, 6.07) is -0.00247. The monoisotopic (exact) mass is 436 g/mol. The van der Waals surface area contributed by atoms with Crippen molar-refractivity contribution < 1.29 is 29.3 Å². The quantitative estimate of drug-likeness (QED) is 0.281. The smallest absolute Gasteiger partial charge is 0.330 e. The van der Waals surface area contributed by atoms with Gasteiger partial charge in [-0.2, -0.15) is 0 Å². The lowest BCUT2D eigenvalue weighted by atomic mass is 9.87. The van der Waals surface area contributed by atoms with Crippen LogP contribution < -0.4 is 0 Å². The van der Waals surface area contributed by atoms with E-state index in [0.29, 0.717) is 6.42 Å². The highest BCUT2D eigenvalue weighted by Gasteiger charge is 2.41. The van der Waals surface area contributed by atoms with Crippen molar-refractivity contribution in [3.63, 3.8) is 0 Å². The molecule has 0 aliphatic carbocycles. The highest BCUT2D eigenvalue weighted by molar-refractivity contribution is 6.05. The van der Waals surface area contributed by atoms with Crippen molar-refractivity contribution in [3.05, 3.63) is 25.3 Å². The van der Waals surface area contributed by atoms with Gasteiger partial charge < -0.3 is 24.5 Å². The molecule has 1 fully saturated rings. The van der Waals surface area contributed by atoms with Gasteiger partial charge in [-0.25, -0.2) is 9.59 Å². The number of ether oxygens (including phenoxy) is 2. The molecule has 3 unspecified atom stereocenters. The van der Waals surface area contributed by atoms with Crippen LogP contribution in [-0.4, -0.2) is 95.5 Å². The molecule has 0 aromatic carbocycles. The van der Waals surface area contributed by atoms with E-state index in [2.05, 4.69) is 40.9 Å². The number of rotatable bonds is 11. The van der Waals surface area contributed by atoms with Gasteiger partial charge in [-0.3, -0.25) is 4.90 Å². The Hall–Kier alpha value is -1.68. The Morgan fingerprint density at radius 1 is 1.06 bits per heavy atom. The van der Waals surface area contributed by atoms with Gasteiger partial charge in [0.1, 0.15) is 25.4 Å². The van der Waals surface area contributed by atoms with Gasteiger partial charge in [-0.1, -0.05) is 13.2 Å². The van der Waals surface area contributed by atoms with Crippen molar-refractivity contribution >= 4 is 19.9 Å². The van der Waals surface area contributed by atoms with Crippen LogP contribution in [0.3, 0.4) is 0 Å². The van der Waals surface area contributed by atoms with Crippen LogP contribution in [-0.2, 0) is 19.1 Å². The molecule has 0 amide bonds. The molecule has 1 aliphatic heterocycles. The lowest BCUT2D eigenvalue weighted by Crippen LogP contribution is -2.54. The SMILES string of the molecule is [B]N1C(C)(C)CCC(N(CC(O)COC(=O)C=C)CC(O)COC(=O)C=C)CC1(C)C. The van der Waals surface area contributed by atoms with E-state index >= 15 is 0 Å². The molecule has 31 heavy (non-hydrogen) atoms. The molecule has 0 aromatic heterocycles. The van der Waals surface area contributed by atoms with E-state index in [-0.39, 0.29) is 43.4 Å². The Labute approximate surface area is 187 Å². The number of nitrogens with zero attached hydrogens (tertiary/aromatic N) is 2. The van der Waals surface area contributed by atoms with Crippen molar-refractivity contribution in [2.45, 2.75) is 76.3 Å². The summed E-state index contributed by atoms with van der Waals surface area (Å²) in [5.74, 6) is -1.23. The third-order valence-corrected chi connectivity index (χ3v) is 5.71. The zero-order valence-corrected chi connectivity index (χ0v) is 19.2. The fraction of sp³-hybridized carbons (Fsp3) is 0.727. The maximum atomic E-state index is 11.3. The summed E-state index contributed by atoms with van der Waals surface area (Å²) in [5, 5.41) is 20.9. The molecule has 1 saturated heterocycles. The average molecular weight is 436 g/mol. The average Bonchev–Trinajstić information content (AvgIpc) is 2.79. The lowest BCUT2D eigenvalue weighted by Gasteiger charge is -2.46. The van der Waals surface area contributed by atoms with Gasteiger partial charge in [-0.15, -0.1) is 0 Å². The van der Waals surface area contributed by atoms with Crippen molar-refractivity contribution in [2.75, 3.05) is 26.3 Å². The summed E-state index contributed by atoms with van der Waals surface area (Å²) in [5.41, 5.74) is -0.552. The normalized spacial score (nSPS) is 22.7. The third kappa shape index (κ3) is 8.76. The number of esters is 2. The zero-order chi connectivity index (χ0) is 23.8. The summed E-state index contributed by atoms with van der Waals surface area (Å²) in [6.45, 7) is 15.0. The van der Waals surface area contributed by atoms with E-state index in [9.17, 15) is 19.8 Å². The summed E-state index contributed by atoms with van der Waals surface area (Å²) in [4.78, 5) is 26.5. The maximum absolute atomic E-state index is 11.3. The topological polar surface area (TPSA) is 99.5 Å². The molecule has 2 radical (unpaired) electrons. The first-order chi connectivity index (χ1) is 14.3. The second-order valence-electron chi connectivity index (χ2n) is 9.32. The van der Waals surface area contributed by atoms with Gasteiger partial charge in [0.2, 0.25) is 0 Å². The van der Waals surface area contributed by atoms with Crippen LogP contribution in [0.15, 0.2) is 25.3 Å². The molecule has 8 nitrogen and oxygen atoms in total. The Morgan fingerprint density at radius 3 is 1.94 bits per heavy atom. The van der Waals surface area contributed by atoms with E-state index in [1.807, 2.05) is 9.71 Å². The molecular formula is C22H37BN2O6. The lowest BCUT2D eigenvalue weighted by molar-refractivity contribution is -0.141. The van der Waals surface area contributed by atoms with Crippen molar-refractivity contribution in [1.29, 1.82) is 0 Å². The molecule has 174 valence electrons. The first-order valence-corrected chi connectivity index (χ1v) is 10.6. The fourth-order valence-corrected chi connectivity index (χ4v) is 4.04. The van der Waals surface area contributed by atoms with Gasteiger partial charge in [0.25, 0.3) is 0 Å². The predicted molar refractivity (Wildman–Crippen MR) is 119 cm³/mol. The summed E-state index contributed by atoms with van der Waals surface area (Å²) in [7, 11) is 6.43. The Bertz CT molecular complexity index is 607. The molecular weight excluding hydrogens is 399 g/mol. The Morgan fingerprint density at radius 2 is 1.52 bits per heavy atom. The predicted octanol–water partition coefficient (Wildman–Crippen LogP) is 0.964. The molecule has 0 saturated carbocycles. The van der Waals surface area contributed by atoms with Crippen LogP contribution in [0.1, 0.15) is 47.0 Å². The number of hydrogen-bond acceptors (Lipinski definition) is 8. The second kappa shape index (κ2) is 11.8. The highest BCUT2D eigenvalue weighted by atomic mass is 16.5. The van der Waals surface area contributed by atoms with Crippen molar-refractivity contribution in [2.24, 2.45) is 0 Å². The fourth-order valence-electron chi connectivity index (χ4n) is 4.04. The molecule has 0 aromatic rings. The van der Waals surface area contributed by atoms with E-state index < -0.39 is 24.1 Å². The minimum absolute atomic E-state index is 0.00247. The van der Waals surface area contributed by atoms with Crippen LogP contribution in [0.25, 0.3) is 0 Å². The van der Waals surface area contributed by atoms with E-state index in [1.54, 1.807) is 0 Å². The van der Waals surface area contributed by atoms with Crippen LogP contribution >= 0.6 is 0 Å². The van der Waals surface area contributed by atoms with Crippen LogP contribution in [0.4, 0.5) is 0 Å². The third-order valence-electron chi connectivity index (χ3n) is 5.71. The van der Waals surface area contributed by atoms with Crippen LogP contribution in [0, 0.1) is 0 Å². The minimum atomic E-state index is -0.958. The number of hydrogen-bond donors (Lipinski definition) is 2. The van der Waals surface area contributed by atoms with E-state index in [1.165, 1.54) is 0 Å². The minimum Gasteiger partial charge on any atom is -0.460 e. The molecule has 1 aliphatic rings. The zero-order valence-electron chi connectivity index (χ0n) is 19.2. The van der Waals surface area contributed by atoms with Gasteiger partial charge in [0.05, 0.1) is 0 Å². The molecule has 0 spiro atoms. The van der Waals surface area contributed by atoms with E-state index in [0.717, 1.165) is 25.0 Å². The molecule has 2 N–H and O–H groups in total. The van der Waals surface area contributed by atoms with Gasteiger partial charge in [-0.05, 0) is 47.0 Å². The summed E-state index contributed by atoms with van der Waals surface area (Å²) >= 11 is 0. The molecule has 1 rings (SSSR count). The number of aliphatic hydroxyl groups is 2. The number of aliphatic hydroxyl groups excluding tert-OH is 2. The standard InChI is InChI=1S/C22H37BN2O6/c1-7-19(28)30-14-17(26)12-24(13-18(27)15-31-20(29)8-2)16-9-10-21(3,4)25(23)22(5,6)11-16/h7-8,16-18,26-27H,1-2,9-15H2,3-6H3. The van der Waals surface area contributed by atoms with Crippen molar-refractivity contribution in [1.82, 2.24) is 9.71 Å². The van der Waals surface area contributed by atoms with Crippen LogP contribution in [0.2, 0.25) is 0 Å². The number of carbonyl (C=O) groups is 2. The Kier molecular flexibility index (Phi) is 10.4. The van der Waals surface area contributed by atoms with Crippen LogP contribution in [0.5, 0.6) is 0 Å². The highest BCUT2D eigenvalue weighted by Crippen LogP contribution is 2.36. The van der Waals surface area contributed by atoms with E-state index in [4.69, 9.17) is 17.5 Å². The largest absolute Gasteiger partial charge is 0.460 e. The first kappa shape index (κ1) is 27.4. The second-order valence-corrected chi connectivity index (χ2v) is 9.32. The van der Waals surface area contributed by atoms with Crippen molar-refractivity contribution in [3.8, 4) is 0 Å². The molecule has 0 bridgehead atoms. The molecule has 3 atom stereocenters. The summed E-state index contributed by atoms with van der Waals surface area (Å²) < 4.78 is 9.90. The van der Waals surface area contributed by atoms with Gasteiger partial charge in [0.15, 0.2) is 7.98 Å². The van der Waals surface area contributed by atoms with Gasteiger partial charge in [0, 0.05) is 42.4 Å². The number of carbonyl (C=O) groups excluding carboxylic acids is 2. The molecule has 9 heteroatoms. The first-order valence-electron chi connectivity index (χ1n) is 10.6. The van der Waals surface area contributed by atoms with Gasteiger partial charge >= 0.3 is 11.9 Å². The maximum Gasteiger partial charge on any atom is 0.330 e.